The highest BCUT2D eigenvalue weighted by atomic mass is 32.1. The number of nitrogens with one attached hydrogen (secondary N) is 2. The smallest absolute Gasteiger partial charge is 0.346 e. The summed E-state index contributed by atoms with van der Waals surface area (Å²) in [5, 5.41) is 8.59. The number of halogens is 3. The zero-order valence-electron chi connectivity index (χ0n) is 16.4. The van der Waals surface area contributed by atoms with Gasteiger partial charge in [0.15, 0.2) is 0 Å². The number of hydrogen-bond acceptors (Lipinski definition) is 5. The molecule has 1 unspecified atom stereocenters. The van der Waals surface area contributed by atoms with Crippen LogP contribution in [0.15, 0.2) is 41.1 Å². The molecular formula is C20H23F3N4O2S. The van der Waals surface area contributed by atoms with Crippen molar-refractivity contribution < 1.29 is 22.8 Å². The lowest BCUT2D eigenvalue weighted by molar-refractivity contribution is -0.138. The SMILES string of the molecule is CN1CCN(C(CNC(=O)C(=O)Nc2ccccc2C(F)(F)F)c2ccsc2)CC1. The third-order valence-corrected chi connectivity index (χ3v) is 5.75. The lowest BCUT2D eigenvalue weighted by Crippen LogP contribution is -2.49. The minimum absolute atomic E-state index is 0.107. The van der Waals surface area contributed by atoms with E-state index >= 15 is 0 Å². The van der Waals surface area contributed by atoms with Gasteiger partial charge in [0, 0.05) is 32.7 Å². The molecule has 1 aliphatic heterocycles. The third-order valence-electron chi connectivity index (χ3n) is 5.05. The third kappa shape index (κ3) is 5.59. The Kier molecular flexibility index (Phi) is 7.11. The van der Waals surface area contributed by atoms with Crippen molar-refractivity contribution in [1.82, 2.24) is 15.1 Å². The van der Waals surface area contributed by atoms with Crippen LogP contribution in [0, 0.1) is 0 Å². The first-order chi connectivity index (χ1) is 14.3. The van der Waals surface area contributed by atoms with Crippen molar-refractivity contribution in [2.45, 2.75) is 12.2 Å². The summed E-state index contributed by atoms with van der Waals surface area (Å²) in [6.45, 7) is 3.61. The van der Waals surface area contributed by atoms with Crippen molar-refractivity contribution in [3.63, 3.8) is 0 Å². The number of thiophene rings is 1. The van der Waals surface area contributed by atoms with Gasteiger partial charge in [0.05, 0.1) is 17.3 Å². The van der Waals surface area contributed by atoms with Crippen molar-refractivity contribution in [2.24, 2.45) is 0 Å². The number of amides is 2. The summed E-state index contributed by atoms with van der Waals surface area (Å²) < 4.78 is 39.3. The fraction of sp³-hybridized carbons (Fsp3) is 0.400. The second-order valence-electron chi connectivity index (χ2n) is 7.12. The summed E-state index contributed by atoms with van der Waals surface area (Å²) >= 11 is 1.54. The summed E-state index contributed by atoms with van der Waals surface area (Å²) in [4.78, 5) is 28.9. The number of hydrogen-bond donors (Lipinski definition) is 2. The van der Waals surface area contributed by atoms with Crippen LogP contribution in [0.25, 0.3) is 0 Å². The van der Waals surface area contributed by atoms with E-state index in [1.54, 1.807) is 11.3 Å². The van der Waals surface area contributed by atoms with Gasteiger partial charge in [-0.1, -0.05) is 12.1 Å². The van der Waals surface area contributed by atoms with Crippen LogP contribution in [0.5, 0.6) is 0 Å². The predicted molar refractivity (Wildman–Crippen MR) is 109 cm³/mol. The number of piperazine rings is 1. The molecule has 30 heavy (non-hydrogen) atoms. The fourth-order valence-electron chi connectivity index (χ4n) is 3.34. The monoisotopic (exact) mass is 440 g/mol. The molecule has 1 saturated heterocycles. The van der Waals surface area contributed by atoms with Crippen molar-refractivity contribution in [2.75, 3.05) is 45.1 Å². The molecule has 2 amide bonds. The van der Waals surface area contributed by atoms with Crippen LogP contribution in [-0.4, -0.2) is 61.4 Å². The highest BCUT2D eigenvalue weighted by Gasteiger charge is 2.34. The number of para-hydroxylation sites is 1. The van der Waals surface area contributed by atoms with Gasteiger partial charge in [-0.05, 0) is 41.6 Å². The molecule has 162 valence electrons. The molecule has 2 aromatic rings. The standard InChI is InChI=1S/C20H23F3N4O2S/c1-26-7-9-27(10-8-26)17(14-6-11-30-13-14)12-24-18(28)19(29)25-16-5-3-2-4-15(16)20(21,22)23/h2-6,11,13,17H,7-10,12H2,1H3,(H,24,28)(H,25,29). The molecule has 1 aromatic carbocycles. The number of carbonyl (C=O) groups excluding carboxylic acids is 2. The zero-order chi connectivity index (χ0) is 21.7. The second kappa shape index (κ2) is 9.59. The van der Waals surface area contributed by atoms with Crippen LogP contribution >= 0.6 is 11.3 Å². The van der Waals surface area contributed by atoms with Gasteiger partial charge < -0.3 is 15.5 Å². The maximum Gasteiger partial charge on any atom is 0.418 e. The molecule has 10 heteroatoms. The molecule has 0 radical (unpaired) electrons. The van der Waals surface area contributed by atoms with Crippen LogP contribution < -0.4 is 10.6 Å². The maximum absolute atomic E-state index is 13.1. The second-order valence-corrected chi connectivity index (χ2v) is 7.90. The number of nitrogens with zero attached hydrogens (tertiary/aromatic N) is 2. The fourth-order valence-corrected chi connectivity index (χ4v) is 4.05. The predicted octanol–water partition coefficient (Wildman–Crippen LogP) is 2.81. The number of benzene rings is 1. The number of rotatable bonds is 5. The Bertz CT molecular complexity index is 865. The van der Waals surface area contributed by atoms with Gasteiger partial charge in [-0.25, -0.2) is 0 Å². The summed E-state index contributed by atoms with van der Waals surface area (Å²) in [7, 11) is 2.04. The van der Waals surface area contributed by atoms with E-state index in [4.69, 9.17) is 0 Å². The molecule has 1 aliphatic rings. The van der Waals surface area contributed by atoms with Crippen LogP contribution in [0.2, 0.25) is 0 Å². The first kappa shape index (κ1) is 22.3. The Morgan fingerprint density at radius 3 is 2.43 bits per heavy atom. The van der Waals surface area contributed by atoms with E-state index in [0.29, 0.717) is 0 Å². The summed E-state index contributed by atoms with van der Waals surface area (Å²) in [5.74, 6) is -2.10. The van der Waals surface area contributed by atoms with Gasteiger partial charge in [-0.2, -0.15) is 24.5 Å². The molecule has 2 N–H and O–H groups in total. The molecule has 1 aromatic heterocycles. The Morgan fingerprint density at radius 2 is 1.80 bits per heavy atom. The van der Waals surface area contributed by atoms with E-state index in [1.807, 2.05) is 23.9 Å². The molecule has 1 fully saturated rings. The zero-order valence-corrected chi connectivity index (χ0v) is 17.2. The summed E-state index contributed by atoms with van der Waals surface area (Å²) in [5.41, 5.74) is -0.411. The Morgan fingerprint density at radius 1 is 1.10 bits per heavy atom. The maximum atomic E-state index is 13.1. The first-order valence-corrected chi connectivity index (χ1v) is 10.4. The molecule has 1 atom stereocenters. The molecule has 0 spiro atoms. The molecule has 0 aliphatic carbocycles. The minimum Gasteiger partial charge on any atom is -0.346 e. The molecular weight excluding hydrogens is 417 g/mol. The van der Waals surface area contributed by atoms with E-state index < -0.39 is 29.2 Å². The van der Waals surface area contributed by atoms with Gasteiger partial charge in [0.1, 0.15) is 0 Å². The Balaban J connectivity index is 1.64. The largest absolute Gasteiger partial charge is 0.418 e. The van der Waals surface area contributed by atoms with Gasteiger partial charge in [-0.3, -0.25) is 14.5 Å². The normalized spacial score (nSPS) is 16.8. The molecule has 0 saturated carbocycles. The van der Waals surface area contributed by atoms with E-state index in [0.717, 1.165) is 43.9 Å². The number of anilines is 1. The minimum atomic E-state index is -4.63. The summed E-state index contributed by atoms with van der Waals surface area (Å²) in [6.07, 6.45) is -4.63. The number of alkyl halides is 3. The topological polar surface area (TPSA) is 64.7 Å². The van der Waals surface area contributed by atoms with Crippen LogP contribution in [0.3, 0.4) is 0 Å². The van der Waals surface area contributed by atoms with E-state index in [2.05, 4.69) is 20.4 Å². The van der Waals surface area contributed by atoms with Crippen LogP contribution in [0.4, 0.5) is 18.9 Å². The summed E-state index contributed by atoms with van der Waals surface area (Å²) in [6, 6.07) is 6.42. The molecule has 3 rings (SSSR count). The molecule has 0 bridgehead atoms. The number of carbonyl (C=O) groups is 2. The van der Waals surface area contributed by atoms with Crippen LogP contribution in [-0.2, 0) is 15.8 Å². The lowest BCUT2D eigenvalue weighted by atomic mass is 10.1. The van der Waals surface area contributed by atoms with Gasteiger partial charge in [0.2, 0.25) is 0 Å². The molecule has 2 heterocycles. The van der Waals surface area contributed by atoms with Crippen molar-refractivity contribution in [3.8, 4) is 0 Å². The van der Waals surface area contributed by atoms with Crippen molar-refractivity contribution >= 4 is 28.8 Å². The van der Waals surface area contributed by atoms with Crippen molar-refractivity contribution in [3.05, 3.63) is 52.2 Å². The quantitative estimate of drug-likeness (QED) is 0.702. The average molecular weight is 440 g/mol. The molecule has 6 nitrogen and oxygen atoms in total. The van der Waals surface area contributed by atoms with Gasteiger partial charge in [0.25, 0.3) is 0 Å². The van der Waals surface area contributed by atoms with Gasteiger partial charge in [-0.15, -0.1) is 0 Å². The van der Waals surface area contributed by atoms with Gasteiger partial charge >= 0.3 is 18.0 Å². The van der Waals surface area contributed by atoms with E-state index in [1.165, 1.54) is 12.1 Å². The highest BCUT2D eigenvalue weighted by Crippen LogP contribution is 2.34. The first-order valence-electron chi connectivity index (χ1n) is 9.46. The number of likely N-dealkylation sites (N-methyl/N-ethyl adjacent to an activating group) is 1. The van der Waals surface area contributed by atoms with E-state index in [9.17, 15) is 22.8 Å². The highest BCUT2D eigenvalue weighted by molar-refractivity contribution is 7.08. The lowest BCUT2D eigenvalue weighted by Gasteiger charge is -2.37. The Hall–Kier alpha value is -2.43. The van der Waals surface area contributed by atoms with Crippen molar-refractivity contribution in [1.29, 1.82) is 0 Å². The van der Waals surface area contributed by atoms with Crippen LogP contribution in [0.1, 0.15) is 17.2 Å². The van der Waals surface area contributed by atoms with E-state index in [-0.39, 0.29) is 12.6 Å². The average Bonchev–Trinajstić information content (AvgIpc) is 3.23. The Labute approximate surface area is 176 Å².